The van der Waals surface area contributed by atoms with E-state index in [2.05, 4.69) is 85.4 Å². The average molecular weight is 365 g/mol. The Morgan fingerprint density at radius 1 is 0.680 bits per heavy atom. The second-order valence-corrected chi connectivity index (χ2v) is 11.0. The number of carbonyl (C=O) groups excluding carboxylic acids is 1. The summed E-state index contributed by atoms with van der Waals surface area (Å²) in [7, 11) is -2.24. The van der Waals surface area contributed by atoms with E-state index in [1.165, 1.54) is 15.9 Å². The van der Waals surface area contributed by atoms with Crippen LogP contribution in [0.1, 0.15) is 13.8 Å². The van der Waals surface area contributed by atoms with E-state index in [0.717, 1.165) is 0 Å². The molecular formula is C22H22OPS+. The Kier molecular flexibility index (Phi) is 5.13. The lowest BCUT2D eigenvalue weighted by molar-refractivity contribution is -0.112. The summed E-state index contributed by atoms with van der Waals surface area (Å²) in [5, 5.41) is 2.86. The Morgan fingerprint density at radius 3 is 1.20 bits per heavy atom. The Labute approximate surface area is 155 Å². The smallest absolute Gasteiger partial charge is 0.229 e. The molecule has 0 aliphatic carbocycles. The molecule has 0 spiro atoms. The maximum Gasteiger partial charge on any atom is 0.229 e. The molecule has 0 fully saturated rings. The van der Waals surface area contributed by atoms with Crippen LogP contribution in [0.2, 0.25) is 0 Å². The molecule has 0 N–H and O–H groups in total. The van der Waals surface area contributed by atoms with Gasteiger partial charge < -0.3 is 0 Å². The van der Waals surface area contributed by atoms with Crippen molar-refractivity contribution in [3.63, 3.8) is 0 Å². The number of hydrogen-bond donors (Lipinski definition) is 1. The summed E-state index contributed by atoms with van der Waals surface area (Å²) < 4.78 is 0. The van der Waals surface area contributed by atoms with Gasteiger partial charge in [0.15, 0.2) is 5.16 Å². The van der Waals surface area contributed by atoms with E-state index in [0.29, 0.717) is 0 Å². The van der Waals surface area contributed by atoms with Crippen LogP contribution in [0.15, 0.2) is 91.0 Å². The molecule has 0 radical (unpaired) electrons. The van der Waals surface area contributed by atoms with E-state index in [1.807, 2.05) is 32.0 Å². The molecule has 0 unspecified atom stereocenters. The molecular weight excluding hydrogens is 343 g/mol. The maximum atomic E-state index is 12.7. The zero-order valence-electron chi connectivity index (χ0n) is 14.5. The predicted octanol–water partition coefficient (Wildman–Crippen LogP) is 4.22. The van der Waals surface area contributed by atoms with Gasteiger partial charge in [0.2, 0.25) is 5.12 Å². The molecule has 0 aliphatic rings. The van der Waals surface area contributed by atoms with E-state index < -0.39 is 12.4 Å². The van der Waals surface area contributed by atoms with Gasteiger partial charge in [-0.05, 0) is 50.2 Å². The fraction of sp³-hybridized carbons (Fsp3) is 0.136. The molecule has 0 saturated heterocycles. The first-order chi connectivity index (χ1) is 12.0. The third kappa shape index (κ3) is 2.94. The zero-order chi connectivity index (χ0) is 17.9. The van der Waals surface area contributed by atoms with Gasteiger partial charge in [0, 0.05) is 0 Å². The highest BCUT2D eigenvalue weighted by Gasteiger charge is 2.60. The van der Waals surface area contributed by atoms with Gasteiger partial charge in [0.1, 0.15) is 23.2 Å². The Morgan fingerprint density at radius 2 is 0.960 bits per heavy atom. The minimum Gasteiger partial charge on any atom is -0.283 e. The number of hydrogen-bond acceptors (Lipinski definition) is 1. The third-order valence-electron chi connectivity index (χ3n) is 4.79. The highest BCUT2D eigenvalue weighted by atomic mass is 32.1. The molecule has 0 bridgehead atoms. The lowest BCUT2D eigenvalue weighted by Gasteiger charge is -2.38. The van der Waals surface area contributed by atoms with Gasteiger partial charge >= 0.3 is 0 Å². The lowest BCUT2D eigenvalue weighted by atomic mass is 10.2. The van der Waals surface area contributed by atoms with Crippen molar-refractivity contribution < 1.29 is 4.79 Å². The van der Waals surface area contributed by atoms with Crippen molar-refractivity contribution in [3.05, 3.63) is 91.0 Å². The van der Waals surface area contributed by atoms with Gasteiger partial charge in [0.25, 0.3) is 0 Å². The van der Waals surface area contributed by atoms with Crippen LogP contribution >= 0.6 is 19.9 Å². The minimum absolute atomic E-state index is 0.0857. The number of carbonyl (C=O) groups is 1. The summed E-state index contributed by atoms with van der Waals surface area (Å²) in [4.78, 5) is 12.7. The van der Waals surface area contributed by atoms with E-state index in [9.17, 15) is 4.79 Å². The third-order valence-corrected chi connectivity index (χ3v) is 10.6. The molecule has 0 saturated carbocycles. The van der Waals surface area contributed by atoms with Gasteiger partial charge in [-0.3, -0.25) is 4.79 Å². The summed E-state index contributed by atoms with van der Waals surface area (Å²) >= 11 is 4.31. The van der Waals surface area contributed by atoms with Crippen molar-refractivity contribution in [1.29, 1.82) is 0 Å². The fourth-order valence-electron chi connectivity index (χ4n) is 3.51. The topological polar surface area (TPSA) is 17.1 Å². The van der Waals surface area contributed by atoms with Crippen LogP contribution in [-0.2, 0) is 4.79 Å². The first kappa shape index (κ1) is 17.9. The van der Waals surface area contributed by atoms with E-state index >= 15 is 0 Å². The second-order valence-electron chi connectivity index (χ2n) is 6.54. The van der Waals surface area contributed by atoms with Crippen LogP contribution in [0.4, 0.5) is 0 Å². The molecule has 25 heavy (non-hydrogen) atoms. The normalized spacial score (nSPS) is 12.0. The lowest BCUT2D eigenvalue weighted by Crippen LogP contribution is -2.47. The summed E-state index contributed by atoms with van der Waals surface area (Å²) in [6.45, 7) is 4.06. The molecule has 0 aromatic heterocycles. The summed E-state index contributed by atoms with van der Waals surface area (Å²) in [5.41, 5.74) is 0. The van der Waals surface area contributed by atoms with Crippen molar-refractivity contribution in [2.45, 2.75) is 19.0 Å². The van der Waals surface area contributed by atoms with Crippen LogP contribution in [0.3, 0.4) is 0 Å². The van der Waals surface area contributed by atoms with Crippen LogP contribution in [0.25, 0.3) is 0 Å². The monoisotopic (exact) mass is 365 g/mol. The molecule has 126 valence electrons. The first-order valence-corrected chi connectivity index (χ1v) is 10.5. The van der Waals surface area contributed by atoms with Crippen molar-refractivity contribution in [2.24, 2.45) is 0 Å². The summed E-state index contributed by atoms with van der Waals surface area (Å²) in [6, 6.07) is 31.2. The number of thiol groups is 1. The maximum absolute atomic E-state index is 12.7. The van der Waals surface area contributed by atoms with Gasteiger partial charge in [-0.1, -0.05) is 54.6 Å². The minimum atomic E-state index is -2.24. The predicted molar refractivity (Wildman–Crippen MR) is 113 cm³/mol. The molecule has 3 aromatic rings. The summed E-state index contributed by atoms with van der Waals surface area (Å²) in [5.74, 6) is 0. The molecule has 3 rings (SSSR count). The molecule has 0 amide bonds. The Bertz CT molecular complexity index is 748. The molecule has 0 aliphatic heterocycles. The Balaban J connectivity index is 2.47. The fourth-order valence-corrected chi connectivity index (χ4v) is 8.94. The summed E-state index contributed by atoms with van der Waals surface area (Å²) in [6.07, 6.45) is 0. The van der Waals surface area contributed by atoms with Crippen molar-refractivity contribution in [2.75, 3.05) is 0 Å². The Hall–Kier alpha value is -1.89. The molecule has 1 nitrogen and oxygen atoms in total. The van der Waals surface area contributed by atoms with Gasteiger partial charge in [0.05, 0.1) is 0 Å². The molecule has 3 heteroatoms. The van der Waals surface area contributed by atoms with Gasteiger partial charge in [-0.2, -0.15) is 0 Å². The van der Waals surface area contributed by atoms with E-state index in [1.54, 1.807) is 0 Å². The van der Waals surface area contributed by atoms with Crippen LogP contribution in [0.5, 0.6) is 0 Å². The van der Waals surface area contributed by atoms with Gasteiger partial charge in [-0.25, -0.2) is 0 Å². The average Bonchev–Trinajstić information content (AvgIpc) is 2.65. The largest absolute Gasteiger partial charge is 0.283 e. The van der Waals surface area contributed by atoms with Crippen molar-refractivity contribution in [3.8, 4) is 0 Å². The highest BCUT2D eigenvalue weighted by Crippen LogP contribution is 2.66. The molecule has 3 aromatic carbocycles. The quantitative estimate of drug-likeness (QED) is 0.529. The molecule has 0 atom stereocenters. The first-order valence-electron chi connectivity index (χ1n) is 8.30. The zero-order valence-corrected chi connectivity index (χ0v) is 16.3. The standard InChI is InChI=1S/C22H21OPS/c1-22(2,21(23)25)24(18-12-6-3-7-13-18,19-14-8-4-9-15-19)20-16-10-5-11-17-20/h3-17H,1-2H3/p+1. The van der Waals surface area contributed by atoms with E-state index in [-0.39, 0.29) is 5.12 Å². The van der Waals surface area contributed by atoms with Crippen molar-refractivity contribution >= 4 is 40.9 Å². The second kappa shape index (κ2) is 7.15. The van der Waals surface area contributed by atoms with Gasteiger partial charge in [-0.15, -0.1) is 12.6 Å². The van der Waals surface area contributed by atoms with Crippen molar-refractivity contribution in [1.82, 2.24) is 0 Å². The van der Waals surface area contributed by atoms with Crippen LogP contribution in [0, 0.1) is 0 Å². The molecule has 0 heterocycles. The number of rotatable bonds is 5. The SMILES string of the molecule is CC(C)(C(=O)S)[P+](c1ccccc1)(c1ccccc1)c1ccccc1. The van der Waals surface area contributed by atoms with Crippen LogP contribution in [-0.4, -0.2) is 10.3 Å². The number of benzene rings is 3. The van der Waals surface area contributed by atoms with E-state index in [4.69, 9.17) is 0 Å². The van der Waals surface area contributed by atoms with Crippen LogP contribution < -0.4 is 15.9 Å². The highest BCUT2D eigenvalue weighted by molar-refractivity contribution is 8.03.